The zero-order valence-electron chi connectivity index (χ0n) is 11.0. The topological polar surface area (TPSA) is 35.5 Å². The van der Waals surface area contributed by atoms with E-state index in [9.17, 15) is 4.79 Å². The van der Waals surface area contributed by atoms with Crippen LogP contribution in [0.2, 0.25) is 0 Å². The van der Waals surface area contributed by atoms with Gasteiger partial charge in [0.25, 0.3) is 0 Å². The molecule has 0 aliphatic heterocycles. The minimum atomic E-state index is -0.0868. The average molecular weight is 248 g/mol. The SMILES string of the molecule is CC(C)OCCOC(=O)C1CC1c1ccccc1. The first-order valence-electron chi connectivity index (χ1n) is 6.51. The van der Waals surface area contributed by atoms with E-state index < -0.39 is 0 Å². The zero-order chi connectivity index (χ0) is 13.0. The number of rotatable bonds is 6. The first-order valence-corrected chi connectivity index (χ1v) is 6.51. The molecule has 3 nitrogen and oxygen atoms in total. The van der Waals surface area contributed by atoms with Crippen LogP contribution in [0.25, 0.3) is 0 Å². The van der Waals surface area contributed by atoms with Gasteiger partial charge in [0.1, 0.15) is 6.61 Å². The van der Waals surface area contributed by atoms with Crippen molar-refractivity contribution in [3.63, 3.8) is 0 Å². The van der Waals surface area contributed by atoms with E-state index in [1.54, 1.807) is 0 Å². The molecule has 1 aliphatic carbocycles. The van der Waals surface area contributed by atoms with Gasteiger partial charge in [-0.3, -0.25) is 4.79 Å². The van der Waals surface area contributed by atoms with Crippen LogP contribution < -0.4 is 0 Å². The fraction of sp³-hybridized carbons (Fsp3) is 0.533. The van der Waals surface area contributed by atoms with Crippen LogP contribution in [-0.2, 0) is 14.3 Å². The van der Waals surface area contributed by atoms with Gasteiger partial charge in [0.15, 0.2) is 0 Å². The molecule has 0 spiro atoms. The Hall–Kier alpha value is -1.35. The van der Waals surface area contributed by atoms with Gasteiger partial charge in [0.2, 0.25) is 0 Å². The average Bonchev–Trinajstić information content (AvgIpc) is 3.15. The molecule has 0 N–H and O–H groups in total. The van der Waals surface area contributed by atoms with Crippen molar-refractivity contribution in [3.05, 3.63) is 35.9 Å². The van der Waals surface area contributed by atoms with Crippen LogP contribution in [-0.4, -0.2) is 25.3 Å². The molecule has 1 aliphatic rings. The molecule has 2 rings (SSSR count). The Kier molecular flexibility index (Phi) is 4.37. The van der Waals surface area contributed by atoms with Crippen molar-refractivity contribution in [2.24, 2.45) is 5.92 Å². The standard InChI is InChI=1S/C15H20O3/c1-11(2)17-8-9-18-15(16)14-10-13(14)12-6-4-3-5-7-12/h3-7,11,13-14H,8-10H2,1-2H3. The van der Waals surface area contributed by atoms with E-state index in [0.29, 0.717) is 19.1 Å². The van der Waals surface area contributed by atoms with Crippen molar-refractivity contribution in [2.45, 2.75) is 32.3 Å². The summed E-state index contributed by atoms with van der Waals surface area (Å²) in [7, 11) is 0. The quantitative estimate of drug-likeness (QED) is 0.573. The van der Waals surface area contributed by atoms with Gasteiger partial charge in [-0.25, -0.2) is 0 Å². The lowest BCUT2D eigenvalue weighted by Crippen LogP contribution is -2.14. The first-order chi connectivity index (χ1) is 8.68. The molecule has 0 saturated heterocycles. The van der Waals surface area contributed by atoms with Crippen LogP contribution in [0.3, 0.4) is 0 Å². The second-order valence-corrected chi connectivity index (χ2v) is 4.95. The minimum Gasteiger partial charge on any atom is -0.463 e. The number of carbonyl (C=O) groups is 1. The summed E-state index contributed by atoms with van der Waals surface area (Å²) in [4.78, 5) is 11.8. The molecule has 1 saturated carbocycles. The predicted octanol–water partition coefficient (Wildman–Crippen LogP) is 2.76. The highest BCUT2D eigenvalue weighted by atomic mass is 16.6. The Balaban J connectivity index is 1.70. The predicted molar refractivity (Wildman–Crippen MR) is 69.3 cm³/mol. The van der Waals surface area contributed by atoms with Gasteiger partial charge in [-0.2, -0.15) is 0 Å². The number of ether oxygens (including phenoxy) is 2. The van der Waals surface area contributed by atoms with Gasteiger partial charge in [-0.1, -0.05) is 30.3 Å². The molecular formula is C15H20O3. The van der Waals surface area contributed by atoms with Crippen LogP contribution >= 0.6 is 0 Å². The lowest BCUT2D eigenvalue weighted by Gasteiger charge is -2.08. The molecule has 1 fully saturated rings. The molecule has 0 amide bonds. The van der Waals surface area contributed by atoms with E-state index in [1.807, 2.05) is 32.0 Å². The van der Waals surface area contributed by atoms with E-state index in [-0.39, 0.29) is 18.0 Å². The Morgan fingerprint density at radius 2 is 2.00 bits per heavy atom. The van der Waals surface area contributed by atoms with Crippen LogP contribution in [0.5, 0.6) is 0 Å². The molecule has 1 aromatic rings. The van der Waals surface area contributed by atoms with Crippen molar-refractivity contribution in [1.82, 2.24) is 0 Å². The van der Waals surface area contributed by atoms with Crippen LogP contribution in [0, 0.1) is 5.92 Å². The number of benzene rings is 1. The molecule has 2 atom stereocenters. The molecule has 98 valence electrons. The molecule has 3 heteroatoms. The Bertz CT molecular complexity index is 386. The molecule has 0 aromatic heterocycles. The fourth-order valence-electron chi connectivity index (χ4n) is 2.06. The summed E-state index contributed by atoms with van der Waals surface area (Å²) >= 11 is 0. The van der Waals surface area contributed by atoms with E-state index in [0.717, 1.165) is 6.42 Å². The maximum atomic E-state index is 11.8. The van der Waals surface area contributed by atoms with Crippen molar-refractivity contribution in [1.29, 1.82) is 0 Å². The maximum absolute atomic E-state index is 11.8. The lowest BCUT2D eigenvalue weighted by molar-refractivity contribution is -0.147. The zero-order valence-corrected chi connectivity index (χ0v) is 11.0. The maximum Gasteiger partial charge on any atom is 0.309 e. The lowest BCUT2D eigenvalue weighted by atomic mass is 10.1. The largest absolute Gasteiger partial charge is 0.463 e. The molecule has 0 bridgehead atoms. The van der Waals surface area contributed by atoms with Gasteiger partial charge in [0.05, 0.1) is 18.6 Å². The summed E-state index contributed by atoms with van der Waals surface area (Å²) < 4.78 is 10.5. The smallest absolute Gasteiger partial charge is 0.309 e. The molecule has 0 heterocycles. The second-order valence-electron chi connectivity index (χ2n) is 4.95. The minimum absolute atomic E-state index is 0.0476. The number of esters is 1. The van der Waals surface area contributed by atoms with E-state index in [1.165, 1.54) is 5.56 Å². The highest BCUT2D eigenvalue weighted by Crippen LogP contribution is 2.47. The summed E-state index contributed by atoms with van der Waals surface area (Å²) in [6, 6.07) is 10.1. The molecule has 1 aromatic carbocycles. The van der Waals surface area contributed by atoms with Crippen molar-refractivity contribution in [3.8, 4) is 0 Å². The third kappa shape index (κ3) is 3.57. The van der Waals surface area contributed by atoms with Gasteiger partial charge < -0.3 is 9.47 Å². The van der Waals surface area contributed by atoms with Crippen molar-refractivity contribution < 1.29 is 14.3 Å². The van der Waals surface area contributed by atoms with Crippen LogP contribution in [0.4, 0.5) is 0 Å². The summed E-state index contributed by atoms with van der Waals surface area (Å²) in [6.07, 6.45) is 1.09. The fourth-order valence-corrected chi connectivity index (χ4v) is 2.06. The van der Waals surface area contributed by atoms with Gasteiger partial charge in [-0.15, -0.1) is 0 Å². The highest BCUT2D eigenvalue weighted by Gasteiger charge is 2.45. The van der Waals surface area contributed by atoms with E-state index >= 15 is 0 Å². The Morgan fingerprint density at radius 3 is 2.67 bits per heavy atom. The summed E-state index contributed by atoms with van der Waals surface area (Å²) in [5, 5.41) is 0. The highest BCUT2D eigenvalue weighted by molar-refractivity contribution is 5.77. The van der Waals surface area contributed by atoms with Gasteiger partial charge in [0, 0.05) is 0 Å². The third-order valence-electron chi connectivity index (χ3n) is 3.10. The summed E-state index contributed by atoms with van der Waals surface area (Å²) in [5.41, 5.74) is 1.23. The molecule has 0 radical (unpaired) electrons. The second kappa shape index (κ2) is 6.01. The molecular weight excluding hydrogens is 228 g/mol. The van der Waals surface area contributed by atoms with E-state index in [4.69, 9.17) is 9.47 Å². The number of hydrogen-bond acceptors (Lipinski definition) is 3. The Labute approximate surface area is 108 Å². The normalized spacial score (nSPS) is 21.9. The molecule has 18 heavy (non-hydrogen) atoms. The summed E-state index contributed by atoms with van der Waals surface area (Å²) in [5.74, 6) is 0.312. The first kappa shape index (κ1) is 13.1. The summed E-state index contributed by atoms with van der Waals surface area (Å²) in [6.45, 7) is 4.77. The van der Waals surface area contributed by atoms with Gasteiger partial charge >= 0.3 is 5.97 Å². The van der Waals surface area contributed by atoms with Gasteiger partial charge in [-0.05, 0) is 31.7 Å². The number of hydrogen-bond donors (Lipinski definition) is 0. The Morgan fingerprint density at radius 1 is 1.28 bits per heavy atom. The van der Waals surface area contributed by atoms with Crippen LogP contribution in [0.1, 0.15) is 31.7 Å². The third-order valence-corrected chi connectivity index (χ3v) is 3.10. The van der Waals surface area contributed by atoms with Crippen molar-refractivity contribution >= 4 is 5.97 Å². The number of carbonyl (C=O) groups excluding carboxylic acids is 1. The van der Waals surface area contributed by atoms with Crippen LogP contribution in [0.15, 0.2) is 30.3 Å². The van der Waals surface area contributed by atoms with Crippen molar-refractivity contribution in [2.75, 3.05) is 13.2 Å². The van der Waals surface area contributed by atoms with E-state index in [2.05, 4.69) is 12.1 Å². The molecule has 2 unspecified atom stereocenters. The monoisotopic (exact) mass is 248 g/mol.